The molecule has 4 heteroatoms. The summed E-state index contributed by atoms with van der Waals surface area (Å²) in [6.07, 6.45) is 2.56. The molecule has 1 N–H and O–H groups in total. The Kier molecular flexibility index (Phi) is 5.94. The molecule has 4 nitrogen and oxygen atoms in total. The summed E-state index contributed by atoms with van der Waals surface area (Å²) in [6.45, 7) is 6.53. The summed E-state index contributed by atoms with van der Waals surface area (Å²) in [6, 6.07) is 5.47. The van der Waals surface area contributed by atoms with Gasteiger partial charge in [0.05, 0.1) is 13.7 Å². The molecule has 1 aromatic rings. The highest BCUT2D eigenvalue weighted by molar-refractivity contribution is 5.75. The van der Waals surface area contributed by atoms with E-state index in [9.17, 15) is 4.79 Å². The van der Waals surface area contributed by atoms with E-state index in [1.54, 1.807) is 13.2 Å². The predicted molar refractivity (Wildman–Crippen MR) is 71.1 cm³/mol. The lowest BCUT2D eigenvalue weighted by atomic mass is 10.1. The normalized spacial score (nSPS) is 9.89. The standard InChI is InChI=1S/C14H19NO3/c1-4-6-11-7-8-12(13(9-11)17-3)18-14(16)10-15-5-2/h4,7-9,15H,1,5-6,10H2,2-3H3. The van der Waals surface area contributed by atoms with Gasteiger partial charge in [-0.2, -0.15) is 0 Å². The van der Waals surface area contributed by atoms with Gasteiger partial charge in [-0.25, -0.2) is 0 Å². The van der Waals surface area contributed by atoms with E-state index in [4.69, 9.17) is 9.47 Å². The molecular formula is C14H19NO3. The van der Waals surface area contributed by atoms with Crippen molar-refractivity contribution in [2.24, 2.45) is 0 Å². The third-order valence-electron chi connectivity index (χ3n) is 2.35. The van der Waals surface area contributed by atoms with Crippen LogP contribution in [0.4, 0.5) is 0 Å². The molecular weight excluding hydrogens is 230 g/mol. The molecule has 0 heterocycles. The minimum atomic E-state index is -0.327. The molecule has 0 radical (unpaired) electrons. The maximum absolute atomic E-state index is 11.5. The third kappa shape index (κ3) is 4.22. The molecule has 0 saturated carbocycles. The van der Waals surface area contributed by atoms with Crippen LogP contribution >= 0.6 is 0 Å². The summed E-state index contributed by atoms with van der Waals surface area (Å²) in [4.78, 5) is 11.5. The van der Waals surface area contributed by atoms with E-state index < -0.39 is 0 Å². The van der Waals surface area contributed by atoms with E-state index in [-0.39, 0.29) is 12.5 Å². The van der Waals surface area contributed by atoms with Crippen LogP contribution in [0.3, 0.4) is 0 Å². The number of hydrogen-bond donors (Lipinski definition) is 1. The zero-order valence-electron chi connectivity index (χ0n) is 10.9. The lowest BCUT2D eigenvalue weighted by Crippen LogP contribution is -2.26. The number of allylic oxidation sites excluding steroid dienone is 1. The fourth-order valence-electron chi connectivity index (χ4n) is 1.48. The SMILES string of the molecule is C=CCc1ccc(OC(=O)CNCC)c(OC)c1. The Hall–Kier alpha value is -1.81. The Bertz CT molecular complexity index is 416. The largest absolute Gasteiger partial charge is 0.493 e. The molecule has 0 unspecified atom stereocenters. The lowest BCUT2D eigenvalue weighted by Gasteiger charge is -2.10. The van der Waals surface area contributed by atoms with E-state index in [2.05, 4.69) is 11.9 Å². The minimum Gasteiger partial charge on any atom is -0.493 e. The molecule has 98 valence electrons. The summed E-state index contributed by atoms with van der Waals surface area (Å²) >= 11 is 0. The summed E-state index contributed by atoms with van der Waals surface area (Å²) < 4.78 is 10.4. The van der Waals surface area contributed by atoms with Crippen LogP contribution in [0.5, 0.6) is 11.5 Å². The first-order chi connectivity index (χ1) is 8.71. The Morgan fingerprint density at radius 3 is 2.83 bits per heavy atom. The smallest absolute Gasteiger partial charge is 0.325 e. The number of nitrogens with one attached hydrogen (secondary N) is 1. The number of carbonyl (C=O) groups is 1. The second-order valence-corrected chi connectivity index (χ2v) is 3.73. The average Bonchev–Trinajstić information content (AvgIpc) is 2.38. The van der Waals surface area contributed by atoms with Crippen molar-refractivity contribution in [3.63, 3.8) is 0 Å². The van der Waals surface area contributed by atoms with Crippen LogP contribution in [0.2, 0.25) is 0 Å². The van der Waals surface area contributed by atoms with Crippen LogP contribution in [0.15, 0.2) is 30.9 Å². The van der Waals surface area contributed by atoms with E-state index in [1.165, 1.54) is 0 Å². The molecule has 1 rings (SSSR count). The maximum Gasteiger partial charge on any atom is 0.325 e. The van der Waals surface area contributed by atoms with Gasteiger partial charge in [0.25, 0.3) is 0 Å². The zero-order valence-corrected chi connectivity index (χ0v) is 10.9. The first-order valence-corrected chi connectivity index (χ1v) is 5.90. The van der Waals surface area contributed by atoms with Crippen LogP contribution in [-0.4, -0.2) is 26.2 Å². The molecule has 0 amide bonds. The molecule has 1 aromatic carbocycles. The number of ether oxygens (including phenoxy) is 2. The van der Waals surface area contributed by atoms with E-state index in [0.29, 0.717) is 11.5 Å². The Morgan fingerprint density at radius 2 is 2.22 bits per heavy atom. The van der Waals surface area contributed by atoms with Crippen LogP contribution < -0.4 is 14.8 Å². The number of benzene rings is 1. The van der Waals surface area contributed by atoms with Gasteiger partial charge in [-0.3, -0.25) is 4.79 Å². The first-order valence-electron chi connectivity index (χ1n) is 5.90. The van der Waals surface area contributed by atoms with Crippen molar-refractivity contribution in [1.82, 2.24) is 5.32 Å². The quantitative estimate of drug-likeness (QED) is 0.456. The van der Waals surface area contributed by atoms with Gasteiger partial charge >= 0.3 is 5.97 Å². The zero-order chi connectivity index (χ0) is 13.4. The van der Waals surface area contributed by atoms with E-state index in [0.717, 1.165) is 18.5 Å². The monoisotopic (exact) mass is 249 g/mol. The van der Waals surface area contributed by atoms with Gasteiger partial charge in [-0.15, -0.1) is 6.58 Å². The molecule has 0 bridgehead atoms. The first kappa shape index (κ1) is 14.3. The van der Waals surface area contributed by atoms with Crippen LogP contribution in [-0.2, 0) is 11.2 Å². The van der Waals surface area contributed by atoms with Crippen LogP contribution in [0.1, 0.15) is 12.5 Å². The van der Waals surface area contributed by atoms with Crippen molar-refractivity contribution in [3.8, 4) is 11.5 Å². The van der Waals surface area contributed by atoms with Gasteiger partial charge < -0.3 is 14.8 Å². The molecule has 0 atom stereocenters. The highest BCUT2D eigenvalue weighted by atomic mass is 16.6. The summed E-state index contributed by atoms with van der Waals surface area (Å²) in [5.41, 5.74) is 1.06. The third-order valence-corrected chi connectivity index (χ3v) is 2.35. The predicted octanol–water partition coefficient (Wildman–Crippen LogP) is 1.94. The summed E-state index contributed by atoms with van der Waals surface area (Å²) in [7, 11) is 1.55. The maximum atomic E-state index is 11.5. The highest BCUT2D eigenvalue weighted by Crippen LogP contribution is 2.28. The molecule has 0 aromatic heterocycles. The average molecular weight is 249 g/mol. The molecule has 0 aliphatic heterocycles. The Labute approximate surface area is 108 Å². The van der Waals surface area contributed by atoms with Gasteiger partial charge in [-0.1, -0.05) is 19.1 Å². The second kappa shape index (κ2) is 7.50. The highest BCUT2D eigenvalue weighted by Gasteiger charge is 2.10. The van der Waals surface area contributed by atoms with Gasteiger partial charge in [0.1, 0.15) is 0 Å². The summed E-state index contributed by atoms with van der Waals surface area (Å²) in [5.74, 6) is 0.666. The van der Waals surface area contributed by atoms with Gasteiger partial charge in [0.2, 0.25) is 0 Å². The van der Waals surface area contributed by atoms with E-state index >= 15 is 0 Å². The minimum absolute atomic E-state index is 0.189. The lowest BCUT2D eigenvalue weighted by molar-refractivity contribution is -0.133. The van der Waals surface area contributed by atoms with Gasteiger partial charge in [0.15, 0.2) is 11.5 Å². The number of carbonyl (C=O) groups excluding carboxylic acids is 1. The second-order valence-electron chi connectivity index (χ2n) is 3.73. The van der Waals surface area contributed by atoms with Crippen molar-refractivity contribution in [2.75, 3.05) is 20.2 Å². The molecule has 0 aliphatic carbocycles. The van der Waals surface area contributed by atoms with Crippen LogP contribution in [0, 0.1) is 0 Å². The van der Waals surface area contributed by atoms with Crippen molar-refractivity contribution < 1.29 is 14.3 Å². The number of rotatable bonds is 7. The number of hydrogen-bond acceptors (Lipinski definition) is 4. The number of esters is 1. The molecule has 0 aliphatic rings. The molecule has 0 fully saturated rings. The van der Waals surface area contributed by atoms with Crippen molar-refractivity contribution in [3.05, 3.63) is 36.4 Å². The molecule has 18 heavy (non-hydrogen) atoms. The van der Waals surface area contributed by atoms with Gasteiger partial charge in [0, 0.05) is 0 Å². The fraction of sp³-hybridized carbons (Fsp3) is 0.357. The topological polar surface area (TPSA) is 47.6 Å². The van der Waals surface area contributed by atoms with Gasteiger partial charge in [-0.05, 0) is 30.7 Å². The van der Waals surface area contributed by atoms with Crippen molar-refractivity contribution in [2.45, 2.75) is 13.3 Å². The molecule has 0 saturated heterocycles. The number of methoxy groups -OCH3 is 1. The summed E-state index contributed by atoms with van der Waals surface area (Å²) in [5, 5.41) is 2.91. The number of likely N-dealkylation sites (N-methyl/N-ethyl adjacent to an activating group) is 1. The fourth-order valence-corrected chi connectivity index (χ4v) is 1.48. The Balaban J connectivity index is 2.75. The van der Waals surface area contributed by atoms with Crippen molar-refractivity contribution >= 4 is 5.97 Å². The van der Waals surface area contributed by atoms with E-state index in [1.807, 2.05) is 25.1 Å². The van der Waals surface area contributed by atoms with Crippen molar-refractivity contribution in [1.29, 1.82) is 0 Å². The van der Waals surface area contributed by atoms with Crippen LogP contribution in [0.25, 0.3) is 0 Å². The molecule has 0 spiro atoms. The Morgan fingerprint density at radius 1 is 1.44 bits per heavy atom.